The summed E-state index contributed by atoms with van der Waals surface area (Å²) in [6.07, 6.45) is 6.63. The van der Waals surface area contributed by atoms with Crippen LogP contribution in [-0.2, 0) is 6.54 Å². The minimum Gasteiger partial charge on any atom is -0.334 e. The number of amides is 2. The number of pyridine rings is 1. The number of nitrogens with zero attached hydrogens (tertiary/aromatic N) is 3. The van der Waals surface area contributed by atoms with Gasteiger partial charge in [0.1, 0.15) is 0 Å². The average Bonchev–Trinajstić information content (AvgIpc) is 2.98. The van der Waals surface area contributed by atoms with Gasteiger partial charge in [0.05, 0.1) is 6.54 Å². The van der Waals surface area contributed by atoms with E-state index in [2.05, 4.69) is 27.8 Å². The van der Waals surface area contributed by atoms with Crippen molar-refractivity contribution >= 4 is 23.4 Å². The molecule has 2 N–H and O–H groups in total. The van der Waals surface area contributed by atoms with Crippen LogP contribution in [0.5, 0.6) is 0 Å². The number of urea groups is 1. The van der Waals surface area contributed by atoms with Crippen LogP contribution in [0, 0.1) is 0 Å². The Bertz CT molecular complexity index is 657. The normalized spacial score (nSPS) is 21.3. The fraction of sp³-hybridized carbons (Fsp3) is 0.562. The third-order valence-electron chi connectivity index (χ3n) is 4.19. The van der Waals surface area contributed by atoms with E-state index in [1.165, 1.54) is 19.3 Å². The van der Waals surface area contributed by atoms with E-state index >= 15 is 0 Å². The van der Waals surface area contributed by atoms with Crippen LogP contribution in [0.4, 0.5) is 4.79 Å². The maximum absolute atomic E-state index is 12.2. The lowest BCUT2D eigenvalue weighted by Gasteiger charge is -2.31. The first-order chi connectivity index (χ1) is 11.3. The molecule has 0 saturated heterocycles. The standard InChI is InChI=1S/C16H23N5OS/c1-2-23-13-8-4-3-7-12(13)18-16(22)17-11-15-20-19-14-9-5-6-10-21(14)15/h5-6,9-10,12-13H,2-4,7-8,11H2,1H3,(H2,17,18,22)/t12-,13-/m0/s1. The van der Waals surface area contributed by atoms with E-state index < -0.39 is 0 Å². The van der Waals surface area contributed by atoms with E-state index in [9.17, 15) is 4.79 Å². The molecule has 1 saturated carbocycles. The Hall–Kier alpha value is -1.76. The van der Waals surface area contributed by atoms with Crippen LogP contribution in [0.15, 0.2) is 24.4 Å². The van der Waals surface area contributed by atoms with Gasteiger partial charge >= 0.3 is 6.03 Å². The molecule has 2 heterocycles. The molecule has 2 atom stereocenters. The molecule has 2 aromatic heterocycles. The Morgan fingerprint density at radius 1 is 1.35 bits per heavy atom. The van der Waals surface area contributed by atoms with Crippen LogP contribution in [-0.4, -0.2) is 37.7 Å². The zero-order chi connectivity index (χ0) is 16.1. The second-order valence-electron chi connectivity index (χ2n) is 5.76. The summed E-state index contributed by atoms with van der Waals surface area (Å²) in [5, 5.41) is 14.8. The Morgan fingerprint density at radius 3 is 3.09 bits per heavy atom. The predicted octanol–water partition coefficient (Wildman–Crippen LogP) is 2.59. The number of nitrogens with one attached hydrogen (secondary N) is 2. The number of hydrogen-bond donors (Lipinski definition) is 2. The summed E-state index contributed by atoms with van der Waals surface area (Å²) < 4.78 is 1.89. The number of thioether (sulfide) groups is 1. The molecule has 1 aliphatic rings. The van der Waals surface area contributed by atoms with Gasteiger partial charge in [-0.1, -0.05) is 25.8 Å². The maximum atomic E-state index is 12.2. The Morgan fingerprint density at radius 2 is 2.22 bits per heavy atom. The summed E-state index contributed by atoms with van der Waals surface area (Å²) in [4.78, 5) is 12.2. The molecular weight excluding hydrogens is 310 g/mol. The van der Waals surface area contributed by atoms with Crippen LogP contribution >= 0.6 is 11.8 Å². The van der Waals surface area contributed by atoms with Crippen LogP contribution in [0.2, 0.25) is 0 Å². The topological polar surface area (TPSA) is 71.3 Å². The first-order valence-electron chi connectivity index (χ1n) is 8.22. The van der Waals surface area contributed by atoms with E-state index in [1.807, 2.05) is 40.6 Å². The minimum absolute atomic E-state index is 0.119. The van der Waals surface area contributed by atoms with Gasteiger partial charge in [-0.25, -0.2) is 4.79 Å². The van der Waals surface area contributed by atoms with E-state index in [0.29, 0.717) is 11.8 Å². The first kappa shape index (κ1) is 16.1. The highest BCUT2D eigenvalue weighted by atomic mass is 32.2. The number of carbonyl (C=O) groups is 1. The van der Waals surface area contributed by atoms with E-state index in [-0.39, 0.29) is 12.1 Å². The van der Waals surface area contributed by atoms with Crippen LogP contribution in [0.25, 0.3) is 5.65 Å². The molecule has 3 rings (SSSR count). The second kappa shape index (κ2) is 7.68. The molecule has 0 bridgehead atoms. The lowest BCUT2D eigenvalue weighted by molar-refractivity contribution is 0.232. The van der Waals surface area contributed by atoms with Gasteiger partial charge in [0.2, 0.25) is 0 Å². The van der Waals surface area contributed by atoms with Crippen molar-refractivity contribution in [1.82, 2.24) is 25.2 Å². The van der Waals surface area contributed by atoms with Gasteiger partial charge in [-0.3, -0.25) is 4.40 Å². The zero-order valence-electron chi connectivity index (χ0n) is 13.4. The summed E-state index contributed by atoms with van der Waals surface area (Å²) in [5.41, 5.74) is 0.788. The molecule has 0 unspecified atom stereocenters. The van der Waals surface area contributed by atoms with Crippen molar-refractivity contribution in [3.05, 3.63) is 30.2 Å². The highest BCUT2D eigenvalue weighted by Gasteiger charge is 2.26. The zero-order valence-corrected chi connectivity index (χ0v) is 14.2. The molecule has 23 heavy (non-hydrogen) atoms. The maximum Gasteiger partial charge on any atom is 0.315 e. The summed E-state index contributed by atoms with van der Waals surface area (Å²) in [6, 6.07) is 5.89. The van der Waals surface area contributed by atoms with Gasteiger partial charge in [-0.05, 0) is 30.7 Å². The highest BCUT2D eigenvalue weighted by Crippen LogP contribution is 2.28. The van der Waals surface area contributed by atoms with E-state index in [0.717, 1.165) is 23.6 Å². The van der Waals surface area contributed by atoms with Crippen LogP contribution in [0.3, 0.4) is 0 Å². The third-order valence-corrected chi connectivity index (χ3v) is 5.52. The number of carbonyl (C=O) groups excluding carboxylic acids is 1. The Balaban J connectivity index is 1.54. The number of hydrogen-bond acceptors (Lipinski definition) is 4. The average molecular weight is 333 g/mol. The van der Waals surface area contributed by atoms with Crippen molar-refractivity contribution in [3.8, 4) is 0 Å². The predicted molar refractivity (Wildman–Crippen MR) is 92.5 cm³/mol. The smallest absolute Gasteiger partial charge is 0.315 e. The van der Waals surface area contributed by atoms with Gasteiger partial charge in [-0.2, -0.15) is 11.8 Å². The molecule has 7 heteroatoms. The number of fused-ring (bicyclic) bond motifs is 1. The summed E-state index contributed by atoms with van der Waals surface area (Å²) >= 11 is 1.95. The molecule has 6 nitrogen and oxygen atoms in total. The fourth-order valence-electron chi connectivity index (χ4n) is 3.07. The lowest BCUT2D eigenvalue weighted by Crippen LogP contribution is -2.48. The Labute approximate surface area is 140 Å². The molecule has 2 aromatic rings. The molecule has 0 aromatic carbocycles. The van der Waals surface area contributed by atoms with Gasteiger partial charge in [-0.15, -0.1) is 10.2 Å². The van der Waals surface area contributed by atoms with Crippen LogP contribution in [0.1, 0.15) is 38.4 Å². The van der Waals surface area contributed by atoms with Crippen molar-refractivity contribution in [2.24, 2.45) is 0 Å². The molecule has 1 fully saturated rings. The number of rotatable bonds is 5. The quantitative estimate of drug-likeness (QED) is 0.882. The molecule has 124 valence electrons. The fourth-order valence-corrected chi connectivity index (χ4v) is 4.26. The molecule has 1 aliphatic carbocycles. The van der Waals surface area contributed by atoms with Crippen molar-refractivity contribution in [1.29, 1.82) is 0 Å². The van der Waals surface area contributed by atoms with Crippen molar-refractivity contribution in [3.63, 3.8) is 0 Å². The molecule has 0 aliphatic heterocycles. The summed E-state index contributed by atoms with van der Waals surface area (Å²) in [7, 11) is 0. The first-order valence-corrected chi connectivity index (χ1v) is 9.27. The minimum atomic E-state index is -0.119. The molecular formula is C16H23N5OS. The van der Waals surface area contributed by atoms with Crippen LogP contribution < -0.4 is 10.6 Å². The van der Waals surface area contributed by atoms with E-state index in [4.69, 9.17) is 0 Å². The molecule has 0 spiro atoms. The third kappa shape index (κ3) is 3.96. The monoisotopic (exact) mass is 333 g/mol. The summed E-state index contributed by atoms with van der Waals surface area (Å²) in [6.45, 7) is 2.54. The van der Waals surface area contributed by atoms with E-state index in [1.54, 1.807) is 0 Å². The highest BCUT2D eigenvalue weighted by molar-refractivity contribution is 7.99. The van der Waals surface area contributed by atoms with Gasteiger partial charge in [0, 0.05) is 17.5 Å². The second-order valence-corrected chi connectivity index (χ2v) is 7.27. The van der Waals surface area contributed by atoms with Gasteiger partial charge in [0.15, 0.2) is 11.5 Å². The number of aromatic nitrogens is 3. The van der Waals surface area contributed by atoms with Crippen molar-refractivity contribution in [2.45, 2.75) is 50.4 Å². The summed E-state index contributed by atoms with van der Waals surface area (Å²) in [5.74, 6) is 1.83. The Kier molecular flexibility index (Phi) is 5.38. The molecule has 2 amide bonds. The largest absolute Gasteiger partial charge is 0.334 e. The lowest BCUT2D eigenvalue weighted by atomic mass is 9.95. The van der Waals surface area contributed by atoms with Gasteiger partial charge < -0.3 is 10.6 Å². The molecule has 0 radical (unpaired) electrons. The van der Waals surface area contributed by atoms with Gasteiger partial charge in [0.25, 0.3) is 0 Å². The van der Waals surface area contributed by atoms with Crippen molar-refractivity contribution in [2.75, 3.05) is 5.75 Å². The SMILES string of the molecule is CCS[C@H]1CCCC[C@@H]1NC(=O)NCc1nnc2ccccn12. The van der Waals surface area contributed by atoms with Crippen molar-refractivity contribution < 1.29 is 4.79 Å².